The molecule has 0 saturated heterocycles. The Morgan fingerprint density at radius 2 is 1.79 bits per heavy atom. The molecular formula is C17H12F5N3O3S. The average Bonchev–Trinajstić information content (AvgIpc) is 3.10. The number of nitrogens with one attached hydrogen (secondary N) is 2. The van der Waals surface area contributed by atoms with E-state index in [0.717, 1.165) is 12.3 Å². The van der Waals surface area contributed by atoms with Gasteiger partial charge < -0.3 is 9.55 Å². The molecule has 0 unspecified atom stereocenters. The van der Waals surface area contributed by atoms with Crippen molar-refractivity contribution in [3.63, 3.8) is 0 Å². The number of aryl methyl sites for hydroxylation is 1. The summed E-state index contributed by atoms with van der Waals surface area (Å²) >= 11 is 0. The minimum absolute atomic E-state index is 0.107. The van der Waals surface area contributed by atoms with Gasteiger partial charge in [-0.05, 0) is 24.3 Å². The molecule has 2 heterocycles. The maximum atomic E-state index is 13.9. The van der Waals surface area contributed by atoms with Crippen molar-refractivity contribution in [3.8, 4) is 11.3 Å². The number of rotatable bonds is 4. The van der Waals surface area contributed by atoms with Crippen LogP contribution in [0.3, 0.4) is 0 Å². The van der Waals surface area contributed by atoms with Crippen molar-refractivity contribution < 1.29 is 30.4 Å². The molecule has 0 saturated carbocycles. The molecule has 0 aliphatic heterocycles. The molecule has 154 valence electrons. The number of hydrogen-bond acceptors (Lipinski definition) is 3. The monoisotopic (exact) mass is 433 g/mol. The van der Waals surface area contributed by atoms with E-state index in [-0.39, 0.29) is 23.4 Å². The van der Waals surface area contributed by atoms with Gasteiger partial charge in [-0.15, -0.1) is 0 Å². The Bertz CT molecular complexity index is 1250. The Hall–Kier alpha value is -3.15. The Labute approximate surface area is 160 Å². The lowest BCUT2D eigenvalue weighted by molar-refractivity contribution is -0.140. The van der Waals surface area contributed by atoms with Gasteiger partial charge in [0.25, 0.3) is 15.6 Å². The van der Waals surface area contributed by atoms with E-state index in [2.05, 4.69) is 4.98 Å². The van der Waals surface area contributed by atoms with Crippen LogP contribution in [0.5, 0.6) is 0 Å². The van der Waals surface area contributed by atoms with Gasteiger partial charge in [0, 0.05) is 25.5 Å². The van der Waals surface area contributed by atoms with Crippen molar-refractivity contribution in [1.29, 1.82) is 0 Å². The summed E-state index contributed by atoms with van der Waals surface area (Å²) in [5, 5.41) is 0. The molecule has 3 rings (SSSR count). The molecule has 0 amide bonds. The van der Waals surface area contributed by atoms with Gasteiger partial charge in [0.15, 0.2) is 0 Å². The molecule has 2 aromatic heterocycles. The fraction of sp³-hybridized carbons (Fsp3) is 0.118. The number of sulfonamides is 1. The molecule has 12 heteroatoms. The predicted octanol–water partition coefficient (Wildman–Crippen LogP) is 3.48. The van der Waals surface area contributed by atoms with E-state index in [4.69, 9.17) is 0 Å². The summed E-state index contributed by atoms with van der Waals surface area (Å²) in [5.74, 6) is -3.44. The number of nitrogens with zero attached hydrogens (tertiary/aromatic N) is 1. The number of benzene rings is 1. The second-order valence-corrected chi connectivity index (χ2v) is 7.68. The summed E-state index contributed by atoms with van der Waals surface area (Å²) in [4.78, 5) is 14.3. The van der Waals surface area contributed by atoms with Crippen LogP contribution in [0.2, 0.25) is 0 Å². The van der Waals surface area contributed by atoms with Crippen molar-refractivity contribution in [2.75, 3.05) is 4.72 Å². The number of pyridine rings is 1. The zero-order valence-corrected chi connectivity index (χ0v) is 15.3. The lowest BCUT2D eigenvalue weighted by atomic mass is 10.2. The van der Waals surface area contributed by atoms with Crippen LogP contribution >= 0.6 is 0 Å². The molecule has 0 aliphatic carbocycles. The number of aromatic amines is 1. The van der Waals surface area contributed by atoms with E-state index in [9.17, 15) is 35.2 Å². The molecule has 0 spiro atoms. The molecule has 0 aliphatic rings. The Morgan fingerprint density at radius 3 is 2.45 bits per heavy atom. The summed E-state index contributed by atoms with van der Waals surface area (Å²) < 4.78 is 93.2. The fourth-order valence-electron chi connectivity index (χ4n) is 2.53. The molecule has 3 aromatic rings. The highest BCUT2D eigenvalue weighted by Crippen LogP contribution is 2.34. The Kier molecular flexibility index (Phi) is 4.99. The first-order valence-electron chi connectivity index (χ1n) is 7.83. The number of alkyl halides is 3. The van der Waals surface area contributed by atoms with Gasteiger partial charge in [-0.2, -0.15) is 13.2 Å². The van der Waals surface area contributed by atoms with E-state index < -0.39 is 49.5 Å². The van der Waals surface area contributed by atoms with E-state index in [1.165, 1.54) is 23.9 Å². The van der Waals surface area contributed by atoms with Gasteiger partial charge in [0.1, 0.15) is 16.5 Å². The predicted molar refractivity (Wildman–Crippen MR) is 93.6 cm³/mol. The normalized spacial score (nSPS) is 12.2. The van der Waals surface area contributed by atoms with Crippen molar-refractivity contribution in [3.05, 3.63) is 70.3 Å². The van der Waals surface area contributed by atoms with Crippen molar-refractivity contribution in [2.45, 2.75) is 11.1 Å². The first-order valence-corrected chi connectivity index (χ1v) is 9.32. The number of aromatic nitrogens is 2. The third-order valence-corrected chi connectivity index (χ3v) is 5.33. The molecule has 6 nitrogen and oxygen atoms in total. The Balaban J connectivity index is 1.96. The second kappa shape index (κ2) is 7.03. The molecule has 0 fully saturated rings. The summed E-state index contributed by atoms with van der Waals surface area (Å²) in [7, 11) is -2.99. The summed E-state index contributed by atoms with van der Waals surface area (Å²) in [6, 6.07) is 4.06. The van der Waals surface area contributed by atoms with Crippen molar-refractivity contribution in [2.24, 2.45) is 7.05 Å². The lowest BCUT2D eigenvalue weighted by Crippen LogP contribution is -2.17. The fourth-order valence-corrected chi connectivity index (χ4v) is 3.58. The molecule has 0 radical (unpaired) electrons. The largest absolute Gasteiger partial charge is 0.419 e. The second-order valence-electron chi connectivity index (χ2n) is 6.00. The summed E-state index contributed by atoms with van der Waals surface area (Å²) in [6.07, 6.45) is -2.64. The number of halogens is 5. The number of anilines is 1. The van der Waals surface area contributed by atoms with Gasteiger partial charge in [0.2, 0.25) is 0 Å². The van der Waals surface area contributed by atoms with Crippen LogP contribution in [0.1, 0.15) is 5.56 Å². The average molecular weight is 433 g/mol. The van der Waals surface area contributed by atoms with Gasteiger partial charge in [-0.25, -0.2) is 17.2 Å². The number of hydrogen-bond donors (Lipinski definition) is 2. The van der Waals surface area contributed by atoms with E-state index in [1.807, 2.05) is 0 Å². The van der Waals surface area contributed by atoms with Gasteiger partial charge >= 0.3 is 6.18 Å². The zero-order valence-electron chi connectivity index (χ0n) is 14.5. The Morgan fingerprint density at radius 1 is 1.10 bits per heavy atom. The third-order valence-electron chi connectivity index (χ3n) is 3.99. The molecule has 2 N–H and O–H groups in total. The summed E-state index contributed by atoms with van der Waals surface area (Å²) in [5.41, 5.74) is -2.97. The minimum atomic E-state index is -5.14. The quantitative estimate of drug-likeness (QED) is 0.618. The maximum absolute atomic E-state index is 13.9. The first-order chi connectivity index (χ1) is 13.4. The van der Waals surface area contributed by atoms with Crippen molar-refractivity contribution in [1.82, 2.24) is 9.55 Å². The van der Waals surface area contributed by atoms with Gasteiger partial charge in [-0.3, -0.25) is 9.52 Å². The van der Waals surface area contributed by atoms with E-state index in [0.29, 0.717) is 0 Å². The van der Waals surface area contributed by atoms with E-state index >= 15 is 0 Å². The molecule has 29 heavy (non-hydrogen) atoms. The summed E-state index contributed by atoms with van der Waals surface area (Å²) in [6.45, 7) is 0. The smallest absolute Gasteiger partial charge is 0.360 e. The van der Waals surface area contributed by atoms with Crippen LogP contribution in [0.25, 0.3) is 11.3 Å². The highest BCUT2D eigenvalue weighted by molar-refractivity contribution is 7.92. The highest BCUT2D eigenvalue weighted by Gasteiger charge is 2.35. The number of H-pyrrole nitrogens is 1. The van der Waals surface area contributed by atoms with Crippen molar-refractivity contribution >= 4 is 15.7 Å². The standard InChI is InChI=1S/C17H12F5N3O3S/c1-25-4-2-3-10(16(25)26)14-5-9(8-23-14)29(27,28)24-15-7-12(18)11(6-13(15)19)17(20,21)22/h2-8,23-24H,1H3. The topological polar surface area (TPSA) is 84.0 Å². The maximum Gasteiger partial charge on any atom is 0.419 e. The van der Waals surface area contributed by atoms with Gasteiger partial charge in [0.05, 0.1) is 22.5 Å². The molecular weight excluding hydrogens is 421 g/mol. The first kappa shape index (κ1) is 20.6. The van der Waals surface area contributed by atoms with Crippen LogP contribution in [0.15, 0.2) is 52.4 Å². The minimum Gasteiger partial charge on any atom is -0.360 e. The molecule has 1 aromatic carbocycles. The van der Waals surface area contributed by atoms with Crippen LogP contribution in [-0.2, 0) is 23.2 Å². The molecule has 0 atom stereocenters. The SMILES string of the molecule is Cn1cccc(-c2cc(S(=O)(=O)Nc3cc(F)c(C(F)(F)F)cc3F)c[nH]2)c1=O. The third kappa shape index (κ3) is 4.01. The lowest BCUT2D eigenvalue weighted by Gasteiger charge is -2.12. The highest BCUT2D eigenvalue weighted by atomic mass is 32.2. The van der Waals surface area contributed by atoms with Crippen LogP contribution < -0.4 is 10.3 Å². The zero-order chi connectivity index (χ0) is 21.6. The van der Waals surface area contributed by atoms with E-state index in [1.54, 1.807) is 10.8 Å². The van der Waals surface area contributed by atoms with Gasteiger partial charge in [-0.1, -0.05) is 0 Å². The van der Waals surface area contributed by atoms with Crippen LogP contribution in [0.4, 0.5) is 27.6 Å². The molecule has 0 bridgehead atoms. The van der Waals surface area contributed by atoms with Crippen LogP contribution in [0, 0.1) is 11.6 Å². The van der Waals surface area contributed by atoms with Crippen LogP contribution in [-0.4, -0.2) is 18.0 Å².